The maximum Gasteiger partial charge on any atom is 0.422 e. The highest BCUT2D eigenvalue weighted by atomic mass is 19.4. The number of hydrogen-bond donors (Lipinski definition) is 2. The molecule has 0 fully saturated rings. The number of pyridine rings is 1. The van der Waals surface area contributed by atoms with Crippen LogP contribution >= 0.6 is 0 Å². The van der Waals surface area contributed by atoms with Gasteiger partial charge >= 0.3 is 12.1 Å². The van der Waals surface area contributed by atoms with Crippen LogP contribution in [0.3, 0.4) is 0 Å². The van der Waals surface area contributed by atoms with Crippen molar-refractivity contribution in [1.82, 2.24) is 4.98 Å². The molecule has 0 aliphatic carbocycles. The Kier molecular flexibility index (Phi) is 3.17. The lowest BCUT2D eigenvalue weighted by Gasteiger charge is -2.25. The van der Waals surface area contributed by atoms with E-state index in [4.69, 9.17) is 5.11 Å². The lowest BCUT2D eigenvalue weighted by atomic mass is 10.00. The average Bonchev–Trinajstić information content (AvgIpc) is 2.36. The van der Waals surface area contributed by atoms with E-state index in [2.05, 4.69) is 4.98 Å². The second-order valence-electron chi connectivity index (χ2n) is 4.48. The van der Waals surface area contributed by atoms with Crippen LogP contribution in [-0.2, 0) is 5.60 Å². The molecule has 0 aliphatic heterocycles. The van der Waals surface area contributed by atoms with Crippen LogP contribution in [0.4, 0.5) is 13.2 Å². The monoisotopic (exact) mass is 285 g/mol. The second kappa shape index (κ2) is 4.45. The zero-order valence-electron chi connectivity index (χ0n) is 10.3. The highest BCUT2D eigenvalue weighted by Gasteiger charge is 2.52. The predicted molar refractivity (Wildman–Crippen MR) is 64.3 cm³/mol. The average molecular weight is 285 g/mol. The van der Waals surface area contributed by atoms with Gasteiger partial charge in [0.05, 0.1) is 16.8 Å². The second-order valence-corrected chi connectivity index (χ2v) is 4.48. The van der Waals surface area contributed by atoms with Crippen molar-refractivity contribution in [3.8, 4) is 0 Å². The summed E-state index contributed by atoms with van der Waals surface area (Å²) in [4.78, 5) is 14.5. The van der Waals surface area contributed by atoms with Crippen LogP contribution in [0.25, 0.3) is 10.9 Å². The molecule has 0 saturated carbocycles. The van der Waals surface area contributed by atoms with Crippen molar-refractivity contribution in [2.75, 3.05) is 0 Å². The molecule has 1 unspecified atom stereocenters. The molecule has 1 aromatic carbocycles. The summed E-state index contributed by atoms with van der Waals surface area (Å²) >= 11 is 0. The van der Waals surface area contributed by atoms with Crippen LogP contribution in [0.2, 0.25) is 0 Å². The Morgan fingerprint density at radius 1 is 1.20 bits per heavy atom. The van der Waals surface area contributed by atoms with Gasteiger partial charge in [-0.2, -0.15) is 13.2 Å². The maximum absolute atomic E-state index is 12.7. The normalized spacial score (nSPS) is 15.1. The third kappa shape index (κ3) is 2.32. The Bertz CT molecular complexity index is 680. The number of aromatic carboxylic acids is 1. The number of rotatable bonds is 2. The van der Waals surface area contributed by atoms with Crippen molar-refractivity contribution in [2.24, 2.45) is 0 Å². The van der Waals surface area contributed by atoms with Crippen LogP contribution in [0.5, 0.6) is 0 Å². The van der Waals surface area contributed by atoms with E-state index in [0.29, 0.717) is 12.3 Å². The number of hydrogen-bond acceptors (Lipinski definition) is 3. The number of carboxylic acids is 1. The topological polar surface area (TPSA) is 70.4 Å². The minimum Gasteiger partial charge on any atom is -0.478 e. The number of nitrogens with zero attached hydrogens (tertiary/aromatic N) is 1. The predicted octanol–water partition coefficient (Wildman–Crippen LogP) is 2.70. The maximum atomic E-state index is 12.7. The number of fused-ring (bicyclic) bond motifs is 1. The first-order chi connectivity index (χ1) is 9.13. The quantitative estimate of drug-likeness (QED) is 0.890. The molecule has 1 atom stereocenters. The fourth-order valence-electron chi connectivity index (χ4n) is 1.67. The summed E-state index contributed by atoms with van der Waals surface area (Å²) in [5.41, 5.74) is -3.42. The molecule has 1 aromatic heterocycles. The van der Waals surface area contributed by atoms with E-state index < -0.39 is 23.4 Å². The van der Waals surface area contributed by atoms with E-state index in [-0.39, 0.29) is 11.1 Å². The number of carbonyl (C=O) groups is 1. The molecule has 2 aromatic rings. The Morgan fingerprint density at radius 3 is 2.40 bits per heavy atom. The molecule has 0 saturated heterocycles. The minimum atomic E-state index is -4.85. The first-order valence-electron chi connectivity index (χ1n) is 5.56. The van der Waals surface area contributed by atoms with Crippen molar-refractivity contribution in [2.45, 2.75) is 18.7 Å². The largest absolute Gasteiger partial charge is 0.478 e. The summed E-state index contributed by atoms with van der Waals surface area (Å²) in [5, 5.41) is 18.7. The fraction of sp³-hybridized carbons (Fsp3) is 0.231. The highest BCUT2D eigenvalue weighted by molar-refractivity contribution is 5.93. The van der Waals surface area contributed by atoms with Gasteiger partial charge in [-0.15, -0.1) is 0 Å². The Morgan fingerprint density at radius 2 is 1.85 bits per heavy atom. The third-order valence-electron chi connectivity index (χ3n) is 2.99. The van der Waals surface area contributed by atoms with E-state index in [1.54, 1.807) is 0 Å². The van der Waals surface area contributed by atoms with E-state index in [9.17, 15) is 23.1 Å². The van der Waals surface area contributed by atoms with E-state index in [1.807, 2.05) is 0 Å². The van der Waals surface area contributed by atoms with Crippen molar-refractivity contribution in [1.29, 1.82) is 0 Å². The Balaban J connectivity index is 2.56. The molecular formula is C13H10F3NO3. The molecule has 2 N–H and O–H groups in total. The summed E-state index contributed by atoms with van der Waals surface area (Å²) in [5.74, 6) is -1.14. The molecule has 0 radical (unpaired) electrons. The lowest BCUT2D eigenvalue weighted by molar-refractivity contribution is -0.260. The van der Waals surface area contributed by atoms with Crippen molar-refractivity contribution >= 4 is 16.9 Å². The van der Waals surface area contributed by atoms with Gasteiger partial charge in [-0.1, -0.05) is 6.07 Å². The summed E-state index contributed by atoms with van der Waals surface area (Å²) < 4.78 is 38.2. The Labute approximate surface area is 111 Å². The first-order valence-corrected chi connectivity index (χ1v) is 5.56. The summed E-state index contributed by atoms with van der Waals surface area (Å²) in [6.07, 6.45) is -4.85. The highest BCUT2D eigenvalue weighted by Crippen LogP contribution is 2.37. The number of aliphatic hydroxyl groups is 1. The molecule has 0 bridgehead atoms. The van der Waals surface area contributed by atoms with Gasteiger partial charge in [0, 0.05) is 5.39 Å². The minimum absolute atomic E-state index is 0.00892. The lowest BCUT2D eigenvalue weighted by Crippen LogP contribution is -2.39. The van der Waals surface area contributed by atoms with Gasteiger partial charge in [0.1, 0.15) is 0 Å². The van der Waals surface area contributed by atoms with Crippen LogP contribution < -0.4 is 0 Å². The van der Waals surface area contributed by atoms with Crippen LogP contribution in [0, 0.1) is 0 Å². The van der Waals surface area contributed by atoms with Gasteiger partial charge in [-0.25, -0.2) is 9.78 Å². The molecular weight excluding hydrogens is 275 g/mol. The molecule has 0 spiro atoms. The first kappa shape index (κ1) is 14.3. The zero-order chi connectivity index (χ0) is 15.1. The zero-order valence-corrected chi connectivity index (χ0v) is 10.3. The molecule has 1 heterocycles. The molecule has 0 amide bonds. The van der Waals surface area contributed by atoms with E-state index >= 15 is 0 Å². The SMILES string of the molecule is CC(O)(c1ccc2cc(C(=O)O)ccc2n1)C(F)(F)F. The number of alkyl halides is 3. The fourth-order valence-corrected chi connectivity index (χ4v) is 1.67. The molecule has 7 heteroatoms. The van der Waals surface area contributed by atoms with Gasteiger partial charge in [0.15, 0.2) is 5.60 Å². The number of aromatic nitrogens is 1. The van der Waals surface area contributed by atoms with Crippen LogP contribution in [0.1, 0.15) is 23.0 Å². The van der Waals surface area contributed by atoms with E-state index in [1.165, 1.54) is 24.3 Å². The van der Waals surface area contributed by atoms with Crippen molar-refractivity contribution in [3.63, 3.8) is 0 Å². The van der Waals surface area contributed by atoms with Crippen LogP contribution in [0.15, 0.2) is 30.3 Å². The van der Waals surface area contributed by atoms with Crippen molar-refractivity contribution < 1.29 is 28.2 Å². The molecule has 0 aliphatic rings. The number of benzene rings is 1. The van der Waals surface area contributed by atoms with Gasteiger partial charge in [-0.3, -0.25) is 0 Å². The molecule has 2 rings (SSSR count). The molecule has 20 heavy (non-hydrogen) atoms. The molecule has 106 valence electrons. The third-order valence-corrected chi connectivity index (χ3v) is 2.99. The molecule has 4 nitrogen and oxygen atoms in total. The van der Waals surface area contributed by atoms with Crippen molar-refractivity contribution in [3.05, 3.63) is 41.6 Å². The van der Waals surface area contributed by atoms with E-state index in [0.717, 1.165) is 6.07 Å². The van der Waals surface area contributed by atoms with Gasteiger partial charge in [0.25, 0.3) is 0 Å². The summed E-state index contributed by atoms with van der Waals surface area (Å²) in [6.45, 7) is 0.618. The van der Waals surface area contributed by atoms with Gasteiger partial charge in [-0.05, 0) is 31.2 Å². The number of carboxylic acid groups (broad SMARTS) is 1. The van der Waals surface area contributed by atoms with Crippen LogP contribution in [-0.4, -0.2) is 27.3 Å². The smallest absolute Gasteiger partial charge is 0.422 e. The Hall–Kier alpha value is -2.15. The standard InChI is InChI=1S/C13H10F3NO3/c1-12(20,13(14,15)16)10-5-3-7-6-8(11(18)19)2-4-9(7)17-10/h2-6,20H,1H3,(H,18,19). The van der Waals surface area contributed by atoms with Gasteiger partial charge < -0.3 is 10.2 Å². The van der Waals surface area contributed by atoms with Gasteiger partial charge in [0.2, 0.25) is 0 Å². The summed E-state index contributed by atoms with van der Waals surface area (Å²) in [6, 6.07) is 6.17. The summed E-state index contributed by atoms with van der Waals surface area (Å²) in [7, 11) is 0. The number of halogens is 3.